The quantitative estimate of drug-likeness (QED) is 0.0257. The molecule has 0 N–H and O–H groups in total. The zero-order valence-electron chi connectivity index (χ0n) is 90.2. The molecular weight excluding hydrogens is 1590 g/mol. The number of unbranched alkanes of at least 4 members (excludes halogenated alkanes) is 94. The summed E-state index contributed by atoms with van der Waals surface area (Å²) >= 11 is 0. The Morgan fingerprint density at radius 2 is 0.185 bits per heavy atom. The predicted octanol–water partition coefficient (Wildman–Crippen LogP) is 42.7. The second kappa shape index (κ2) is 122. The van der Waals surface area contributed by atoms with Crippen molar-refractivity contribution >= 4 is 23.9 Å². The Labute approximate surface area is 816 Å². The molecule has 8 heteroatoms. The number of ether oxygens (including phenoxy) is 4. The van der Waals surface area contributed by atoms with Crippen molar-refractivity contribution in [3.05, 3.63) is 48.6 Å². The molecule has 0 atom stereocenters. The van der Waals surface area contributed by atoms with Gasteiger partial charge in [-0.05, 0) is 53.4 Å². The number of carbonyl (C=O) groups is 4. The molecule has 0 aromatic carbocycles. The zero-order chi connectivity index (χ0) is 95.6. The molecule has 0 aromatic heterocycles. The Balaban J connectivity index is -0.000000815. The van der Waals surface area contributed by atoms with Gasteiger partial charge in [-0.25, -0.2) is 19.2 Å². The third-order valence-electron chi connectivity index (χ3n) is 26.8. The number of carbonyl (C=O) groups excluding carboxylic acids is 4. The summed E-state index contributed by atoms with van der Waals surface area (Å²) < 4.78 is 20.5. The van der Waals surface area contributed by atoms with Gasteiger partial charge in [-0.2, -0.15) is 0 Å². The summed E-state index contributed by atoms with van der Waals surface area (Å²) in [5.41, 5.74) is 1.98. The Hall–Kier alpha value is -3.16. The van der Waals surface area contributed by atoms with Crippen LogP contribution < -0.4 is 0 Å². The van der Waals surface area contributed by atoms with E-state index < -0.39 is 0 Å². The molecule has 0 rings (SSSR count). The van der Waals surface area contributed by atoms with Crippen LogP contribution in [0.4, 0.5) is 0 Å². The molecule has 0 unspecified atom stereocenters. The normalized spacial score (nSPS) is 11.1. The maximum atomic E-state index is 11.3. The van der Waals surface area contributed by atoms with Gasteiger partial charge in [0.2, 0.25) is 0 Å². The Bertz CT molecular complexity index is 2250. The molecule has 0 radical (unpaired) electrons. The van der Waals surface area contributed by atoms with E-state index in [1.807, 2.05) is 0 Å². The van der Waals surface area contributed by atoms with Crippen LogP contribution >= 0.6 is 0 Å². The van der Waals surface area contributed by atoms with Crippen LogP contribution in [0.2, 0.25) is 0 Å². The van der Waals surface area contributed by atoms with Crippen molar-refractivity contribution in [2.75, 3.05) is 26.4 Å². The molecule has 0 spiro atoms. The summed E-state index contributed by atoms with van der Waals surface area (Å²) in [4.78, 5) is 45.0. The fourth-order valence-corrected chi connectivity index (χ4v) is 17.8. The van der Waals surface area contributed by atoms with Crippen molar-refractivity contribution in [1.82, 2.24) is 0 Å². The molecule has 8 nitrogen and oxygen atoms in total. The second-order valence-electron chi connectivity index (χ2n) is 40.9. The molecule has 0 heterocycles. The van der Waals surface area contributed by atoms with Crippen LogP contribution in [0.25, 0.3) is 0 Å². The van der Waals surface area contributed by atoms with Crippen LogP contribution in [0.1, 0.15) is 685 Å². The number of esters is 4. The first-order chi connectivity index (χ1) is 63.7. The highest BCUT2D eigenvalue weighted by Gasteiger charge is 2.09. The van der Waals surface area contributed by atoms with Crippen LogP contribution in [-0.2, 0) is 38.1 Å². The Morgan fingerprint density at radius 1 is 0.123 bits per heavy atom. The van der Waals surface area contributed by atoms with E-state index in [0.29, 0.717) is 48.7 Å². The molecule has 0 fully saturated rings. The Morgan fingerprint density at radius 3 is 0.246 bits per heavy atom. The number of rotatable bonds is 106. The molecule has 0 saturated heterocycles. The first kappa shape index (κ1) is 133. The SMILES string of the molecule is C=C(C)C(=O)OCCCCCCCCCCCCCCCCCCCCCCCCC.C=C(C)C(=O)OCCCCCCCCCCCCCCCCCCCCCCCCCC.C=C(C)C(=O)OCCCCCCCCCCCCCCCCCCCCCCCCCCC.C=C(C)C(=O)OCCCCCCCCCCCCCCCCCCCCCCCCCCCC. The fraction of sp³-hybridized carbons (Fsp3) is 0.902. The molecular formula is C122H236O8. The van der Waals surface area contributed by atoms with Crippen molar-refractivity contribution < 1.29 is 38.1 Å². The second-order valence-corrected chi connectivity index (χ2v) is 40.9. The minimum absolute atomic E-state index is 0.250. The van der Waals surface area contributed by atoms with E-state index in [9.17, 15) is 19.2 Å². The van der Waals surface area contributed by atoms with Crippen molar-refractivity contribution in [2.45, 2.75) is 685 Å². The van der Waals surface area contributed by atoms with E-state index in [4.69, 9.17) is 18.9 Å². The van der Waals surface area contributed by atoms with Gasteiger partial charge < -0.3 is 18.9 Å². The van der Waals surface area contributed by atoms with Gasteiger partial charge in [0.1, 0.15) is 0 Å². The van der Waals surface area contributed by atoms with Crippen molar-refractivity contribution in [1.29, 1.82) is 0 Å². The van der Waals surface area contributed by atoms with Gasteiger partial charge in [0.15, 0.2) is 0 Å². The average molecular weight is 1830 g/mol. The largest absolute Gasteiger partial charge is 0.462 e. The topological polar surface area (TPSA) is 105 Å². The summed E-state index contributed by atoms with van der Waals surface area (Å²) in [5, 5.41) is 0. The van der Waals surface area contributed by atoms with E-state index in [-0.39, 0.29) is 23.9 Å². The highest BCUT2D eigenvalue weighted by Crippen LogP contribution is 2.24. The Kier molecular flexibility index (Phi) is 125. The fourth-order valence-electron chi connectivity index (χ4n) is 17.8. The molecule has 0 aliphatic heterocycles. The lowest BCUT2D eigenvalue weighted by Crippen LogP contribution is -2.05. The van der Waals surface area contributed by atoms with Gasteiger partial charge in [-0.3, -0.25) is 0 Å². The maximum Gasteiger partial charge on any atom is 0.333 e. The van der Waals surface area contributed by atoms with Gasteiger partial charge in [0.05, 0.1) is 26.4 Å². The third-order valence-corrected chi connectivity index (χ3v) is 26.8. The van der Waals surface area contributed by atoms with Gasteiger partial charge in [0, 0.05) is 22.3 Å². The standard InChI is InChI=1S/C32H62O2.C31H60O2.C30H58O2.C29H56O2/c1-4-5-6-7-8-9-10-11-12-13-14-15-16-17-18-19-20-21-22-23-24-25-26-27-28-29-30-34-32(33)31(2)3;1-4-5-6-7-8-9-10-11-12-13-14-15-16-17-18-19-20-21-22-23-24-25-26-27-28-29-33-31(32)30(2)3;1-4-5-6-7-8-9-10-11-12-13-14-15-16-17-18-19-20-21-22-23-24-25-26-27-28-32-30(31)29(2)3;1-4-5-6-7-8-9-10-11-12-13-14-15-16-17-18-19-20-21-22-23-24-25-26-27-31-29(30)28(2)3/h2,4-30H2,1,3H3;2,4-29H2,1,3H3;2,4-28H2,1,3H3;2,4-27H2,1,3H3. The summed E-state index contributed by atoms with van der Waals surface area (Å²) in [6, 6.07) is 0. The summed E-state index contributed by atoms with van der Waals surface area (Å²) in [6.07, 6.45) is 137. The smallest absolute Gasteiger partial charge is 0.333 e. The summed E-state index contributed by atoms with van der Waals surface area (Å²) in [5.74, 6) is -1.00. The van der Waals surface area contributed by atoms with Crippen LogP contribution in [0.15, 0.2) is 48.6 Å². The predicted molar refractivity (Wildman–Crippen MR) is 578 cm³/mol. The van der Waals surface area contributed by atoms with Gasteiger partial charge >= 0.3 is 23.9 Å². The van der Waals surface area contributed by atoms with Crippen LogP contribution in [0.3, 0.4) is 0 Å². The molecule has 0 saturated carbocycles. The van der Waals surface area contributed by atoms with E-state index >= 15 is 0 Å². The molecule has 0 aliphatic carbocycles. The maximum absolute atomic E-state index is 11.3. The van der Waals surface area contributed by atoms with Gasteiger partial charge in [-0.1, -0.05) is 658 Å². The lowest BCUT2D eigenvalue weighted by molar-refractivity contribution is -0.139. The number of hydrogen-bond donors (Lipinski definition) is 0. The highest BCUT2D eigenvalue weighted by atomic mass is 16.5. The van der Waals surface area contributed by atoms with Crippen molar-refractivity contribution in [2.24, 2.45) is 0 Å². The molecule has 0 aliphatic rings. The minimum Gasteiger partial charge on any atom is -0.462 e. The zero-order valence-corrected chi connectivity index (χ0v) is 90.2. The van der Waals surface area contributed by atoms with E-state index in [2.05, 4.69) is 54.0 Å². The van der Waals surface area contributed by atoms with Crippen LogP contribution in [0, 0.1) is 0 Å². The highest BCUT2D eigenvalue weighted by molar-refractivity contribution is 5.88. The number of hydrogen-bond acceptors (Lipinski definition) is 8. The van der Waals surface area contributed by atoms with E-state index in [1.54, 1.807) is 27.7 Å². The molecule has 772 valence electrons. The molecule has 130 heavy (non-hydrogen) atoms. The van der Waals surface area contributed by atoms with E-state index in [1.165, 1.54) is 604 Å². The lowest BCUT2D eigenvalue weighted by Gasteiger charge is -2.05. The first-order valence-corrected chi connectivity index (χ1v) is 59.0. The summed E-state index contributed by atoms with van der Waals surface area (Å²) in [7, 11) is 0. The molecule has 0 aromatic rings. The monoisotopic (exact) mass is 1830 g/mol. The van der Waals surface area contributed by atoms with Gasteiger partial charge in [-0.15, -0.1) is 0 Å². The van der Waals surface area contributed by atoms with E-state index in [0.717, 1.165) is 25.7 Å². The minimum atomic E-state index is -0.251. The van der Waals surface area contributed by atoms with Crippen LogP contribution in [0.5, 0.6) is 0 Å². The third kappa shape index (κ3) is 127. The van der Waals surface area contributed by atoms with Crippen molar-refractivity contribution in [3.63, 3.8) is 0 Å². The van der Waals surface area contributed by atoms with Gasteiger partial charge in [0.25, 0.3) is 0 Å². The first-order valence-electron chi connectivity index (χ1n) is 59.0. The van der Waals surface area contributed by atoms with Crippen LogP contribution in [-0.4, -0.2) is 50.3 Å². The molecule has 0 bridgehead atoms. The summed E-state index contributed by atoms with van der Waals surface area (Å²) in [6.45, 7) is 32.5. The molecule has 0 amide bonds. The lowest BCUT2D eigenvalue weighted by atomic mass is 10.0. The average Bonchev–Trinajstić information content (AvgIpc) is 1.02. The van der Waals surface area contributed by atoms with Crippen molar-refractivity contribution in [3.8, 4) is 0 Å².